The van der Waals surface area contributed by atoms with Gasteiger partial charge in [-0.3, -0.25) is 9.59 Å². The van der Waals surface area contributed by atoms with Crippen LogP contribution in [0.2, 0.25) is 0 Å². The third kappa shape index (κ3) is 1.05. The zero-order chi connectivity index (χ0) is 5.28. The highest BCUT2D eigenvalue weighted by Gasteiger charge is 2.18. The first-order chi connectivity index (χ1) is 3.30. The summed E-state index contributed by atoms with van der Waals surface area (Å²) >= 11 is 0. The van der Waals surface area contributed by atoms with Gasteiger partial charge in [0, 0.05) is 13.0 Å². The van der Waals surface area contributed by atoms with Crippen molar-refractivity contribution in [1.82, 2.24) is 5.32 Å². The summed E-state index contributed by atoms with van der Waals surface area (Å²) in [5.74, 6) is -0.722. The molecule has 46 valence electrons. The molecule has 3 heteroatoms. The third-order valence-corrected chi connectivity index (χ3v) is 0.891. The fourth-order valence-electron chi connectivity index (χ4n) is 0.502. The van der Waals surface area contributed by atoms with E-state index in [0.717, 1.165) is 0 Å². The van der Waals surface area contributed by atoms with Crippen molar-refractivity contribution in [1.29, 1.82) is 0 Å². The molecule has 1 aliphatic heterocycles. The van der Waals surface area contributed by atoms with E-state index in [1.807, 2.05) is 0 Å². The first-order valence-electron chi connectivity index (χ1n) is 2.12. The SMILES string of the molecule is C.O=C1CCNC1=O. The maximum absolute atomic E-state index is 10.2. The molecule has 0 radical (unpaired) electrons. The summed E-state index contributed by atoms with van der Waals surface area (Å²) in [4.78, 5) is 20.3. The maximum atomic E-state index is 10.2. The average Bonchev–Trinajstić information content (AvgIpc) is 1.91. The van der Waals surface area contributed by atoms with Gasteiger partial charge in [-0.2, -0.15) is 0 Å². The summed E-state index contributed by atoms with van der Waals surface area (Å²) in [7, 11) is 0. The molecular formula is C5H9NO2. The second-order valence-electron chi connectivity index (χ2n) is 1.43. The van der Waals surface area contributed by atoms with Crippen molar-refractivity contribution >= 4 is 11.7 Å². The van der Waals surface area contributed by atoms with E-state index in [1.54, 1.807) is 0 Å². The molecule has 3 nitrogen and oxygen atoms in total. The van der Waals surface area contributed by atoms with Crippen LogP contribution < -0.4 is 5.32 Å². The Morgan fingerprint density at radius 1 is 1.38 bits per heavy atom. The number of carbonyl (C=O) groups excluding carboxylic acids is 2. The van der Waals surface area contributed by atoms with Crippen LogP contribution in [0, 0.1) is 0 Å². The molecule has 0 bridgehead atoms. The molecular weight excluding hydrogens is 106 g/mol. The molecule has 1 fully saturated rings. The number of nitrogens with one attached hydrogen (secondary N) is 1. The normalized spacial score (nSPS) is 17.5. The van der Waals surface area contributed by atoms with Crippen LogP contribution in [0.25, 0.3) is 0 Å². The molecule has 1 aliphatic rings. The first kappa shape index (κ1) is 7.14. The van der Waals surface area contributed by atoms with Crippen LogP contribution in [0.4, 0.5) is 0 Å². The molecule has 0 saturated carbocycles. The van der Waals surface area contributed by atoms with Crippen molar-refractivity contribution < 1.29 is 9.59 Å². The summed E-state index contributed by atoms with van der Waals surface area (Å²) in [6.45, 7) is 0.525. The zero-order valence-corrected chi connectivity index (χ0v) is 3.73. The second-order valence-corrected chi connectivity index (χ2v) is 1.43. The molecule has 1 N–H and O–H groups in total. The van der Waals surface area contributed by atoms with Gasteiger partial charge in [-0.05, 0) is 0 Å². The number of rotatable bonds is 0. The quantitative estimate of drug-likeness (QED) is 0.441. The summed E-state index contributed by atoms with van der Waals surface area (Å²) in [5, 5.41) is 2.38. The van der Waals surface area contributed by atoms with Gasteiger partial charge in [0.15, 0.2) is 0 Å². The maximum Gasteiger partial charge on any atom is 0.287 e. The Hall–Kier alpha value is -0.860. The molecule has 0 aromatic rings. The van der Waals surface area contributed by atoms with Crippen molar-refractivity contribution in [3.8, 4) is 0 Å². The third-order valence-electron chi connectivity index (χ3n) is 0.891. The van der Waals surface area contributed by atoms with E-state index < -0.39 is 5.91 Å². The zero-order valence-electron chi connectivity index (χ0n) is 3.73. The molecule has 0 spiro atoms. The monoisotopic (exact) mass is 115 g/mol. The molecule has 0 atom stereocenters. The van der Waals surface area contributed by atoms with Crippen LogP contribution >= 0.6 is 0 Å². The Balaban J connectivity index is 0.000000490. The minimum Gasteiger partial charge on any atom is -0.349 e. The van der Waals surface area contributed by atoms with Gasteiger partial charge in [0.05, 0.1) is 0 Å². The molecule has 1 saturated heterocycles. The van der Waals surface area contributed by atoms with Gasteiger partial charge >= 0.3 is 0 Å². The molecule has 0 aromatic heterocycles. The summed E-state index contributed by atoms with van der Waals surface area (Å²) in [5.41, 5.74) is 0. The molecule has 0 unspecified atom stereocenters. The van der Waals surface area contributed by atoms with E-state index in [-0.39, 0.29) is 13.2 Å². The highest BCUT2D eigenvalue weighted by atomic mass is 16.2. The van der Waals surface area contributed by atoms with Crippen LogP contribution in [0.1, 0.15) is 13.8 Å². The molecule has 1 amide bonds. The van der Waals surface area contributed by atoms with Gasteiger partial charge in [0.1, 0.15) is 0 Å². The molecule has 8 heavy (non-hydrogen) atoms. The van der Waals surface area contributed by atoms with Crippen molar-refractivity contribution in [3.63, 3.8) is 0 Å². The summed E-state index contributed by atoms with van der Waals surface area (Å²) < 4.78 is 0. The molecule has 0 aromatic carbocycles. The number of ketones is 1. The molecule has 0 aliphatic carbocycles. The number of hydrogen-bond acceptors (Lipinski definition) is 2. The van der Waals surface area contributed by atoms with Gasteiger partial charge in [0.25, 0.3) is 5.91 Å². The Kier molecular flexibility index (Phi) is 2.19. The Labute approximate surface area is 48.1 Å². The highest BCUT2D eigenvalue weighted by Crippen LogP contribution is 1.88. The minimum absolute atomic E-state index is 0. The van der Waals surface area contributed by atoms with E-state index in [2.05, 4.69) is 5.32 Å². The fourth-order valence-corrected chi connectivity index (χ4v) is 0.502. The van der Waals surface area contributed by atoms with Gasteiger partial charge in [-0.1, -0.05) is 7.43 Å². The lowest BCUT2D eigenvalue weighted by molar-refractivity contribution is -0.135. The van der Waals surface area contributed by atoms with Crippen molar-refractivity contribution in [2.75, 3.05) is 6.54 Å². The lowest BCUT2D eigenvalue weighted by atomic mass is 10.3. The predicted octanol–water partition coefficient (Wildman–Crippen LogP) is -0.289. The van der Waals surface area contributed by atoms with Crippen LogP contribution in [-0.2, 0) is 9.59 Å². The lowest BCUT2D eigenvalue weighted by Gasteiger charge is -1.78. The summed E-state index contributed by atoms with van der Waals surface area (Å²) in [6.07, 6.45) is 0.374. The van der Waals surface area contributed by atoms with Gasteiger partial charge < -0.3 is 5.32 Å². The lowest BCUT2D eigenvalue weighted by Crippen LogP contribution is -2.18. The number of hydrogen-bond donors (Lipinski definition) is 1. The largest absolute Gasteiger partial charge is 0.349 e. The average molecular weight is 115 g/mol. The van der Waals surface area contributed by atoms with Crippen LogP contribution in [0.5, 0.6) is 0 Å². The minimum atomic E-state index is -0.431. The van der Waals surface area contributed by atoms with Crippen molar-refractivity contribution in [2.45, 2.75) is 13.8 Å². The van der Waals surface area contributed by atoms with E-state index in [1.165, 1.54) is 0 Å². The predicted molar refractivity (Wildman–Crippen MR) is 29.4 cm³/mol. The topological polar surface area (TPSA) is 46.2 Å². The van der Waals surface area contributed by atoms with E-state index in [4.69, 9.17) is 0 Å². The van der Waals surface area contributed by atoms with Crippen molar-refractivity contribution in [2.24, 2.45) is 0 Å². The van der Waals surface area contributed by atoms with E-state index in [0.29, 0.717) is 13.0 Å². The fraction of sp³-hybridized carbons (Fsp3) is 0.600. The standard InChI is InChI=1S/C4H5NO2.CH4/c6-3-1-2-5-4(3)7;/h1-2H2,(H,5,7);1H4. The van der Waals surface area contributed by atoms with Gasteiger partial charge in [0.2, 0.25) is 5.78 Å². The van der Waals surface area contributed by atoms with E-state index >= 15 is 0 Å². The van der Waals surface area contributed by atoms with Crippen LogP contribution in [-0.4, -0.2) is 18.2 Å². The molecule has 1 rings (SSSR count). The van der Waals surface area contributed by atoms with Crippen LogP contribution in [0.15, 0.2) is 0 Å². The van der Waals surface area contributed by atoms with Gasteiger partial charge in [-0.15, -0.1) is 0 Å². The highest BCUT2D eigenvalue weighted by molar-refractivity contribution is 6.37. The number of carbonyl (C=O) groups is 2. The second kappa shape index (κ2) is 2.45. The first-order valence-corrected chi connectivity index (χ1v) is 2.12. The smallest absolute Gasteiger partial charge is 0.287 e. The van der Waals surface area contributed by atoms with Crippen molar-refractivity contribution in [3.05, 3.63) is 0 Å². The van der Waals surface area contributed by atoms with E-state index in [9.17, 15) is 9.59 Å². The Bertz CT molecular complexity index is 106. The van der Waals surface area contributed by atoms with Crippen LogP contribution in [0.3, 0.4) is 0 Å². The number of Topliss-reactive ketones (excluding diaryl/α,β-unsaturated/α-hetero) is 1. The summed E-state index contributed by atoms with van der Waals surface area (Å²) in [6, 6.07) is 0. The van der Waals surface area contributed by atoms with Gasteiger partial charge in [-0.25, -0.2) is 0 Å². The number of amides is 1. The Morgan fingerprint density at radius 3 is 2.12 bits per heavy atom. The molecule has 1 heterocycles. The Morgan fingerprint density at radius 2 is 2.00 bits per heavy atom.